The van der Waals surface area contributed by atoms with E-state index in [4.69, 9.17) is 9.47 Å². The van der Waals surface area contributed by atoms with Crippen molar-refractivity contribution < 1.29 is 23.9 Å². The zero-order chi connectivity index (χ0) is 23.5. The monoisotopic (exact) mass is 450 g/mol. The Morgan fingerprint density at radius 1 is 1.06 bits per heavy atom. The van der Waals surface area contributed by atoms with Crippen molar-refractivity contribution in [2.75, 3.05) is 26.1 Å². The lowest BCUT2D eigenvalue weighted by molar-refractivity contribution is -0.129. The molecule has 0 unspecified atom stereocenters. The molecule has 9 nitrogen and oxygen atoms in total. The maximum atomic E-state index is 12.7. The number of nitrogens with one attached hydrogen (secondary N) is 2. The molecule has 3 aromatic rings. The number of carbonyl (C=O) groups is 3. The van der Waals surface area contributed by atoms with Gasteiger partial charge < -0.3 is 24.7 Å². The van der Waals surface area contributed by atoms with E-state index < -0.39 is 18.0 Å². The van der Waals surface area contributed by atoms with E-state index in [2.05, 4.69) is 10.6 Å². The van der Waals surface area contributed by atoms with Crippen LogP contribution in [0.2, 0.25) is 0 Å². The topological polar surface area (TPSA) is 102 Å². The largest absolute Gasteiger partial charge is 0.493 e. The van der Waals surface area contributed by atoms with Crippen molar-refractivity contribution >= 4 is 34.4 Å². The summed E-state index contributed by atoms with van der Waals surface area (Å²) in [4.78, 5) is 38.7. The van der Waals surface area contributed by atoms with E-state index >= 15 is 0 Å². The van der Waals surface area contributed by atoms with E-state index in [9.17, 15) is 14.4 Å². The molecule has 4 amide bonds. The molecular formula is C24H26N4O5. The number of imide groups is 1. The SMILES string of the molecule is COc1ccc(CCN2C(=O)N[C@H](CC(=O)Nc3ccc4c(ccn4C)c3)C2=O)cc1OC. The first-order valence-corrected chi connectivity index (χ1v) is 10.6. The number of rotatable bonds is 8. The first kappa shape index (κ1) is 22.2. The molecule has 172 valence electrons. The van der Waals surface area contributed by atoms with E-state index in [0.717, 1.165) is 21.4 Å². The number of hydrogen-bond acceptors (Lipinski definition) is 5. The van der Waals surface area contributed by atoms with Crippen molar-refractivity contribution in [1.29, 1.82) is 0 Å². The van der Waals surface area contributed by atoms with Gasteiger partial charge in [-0.05, 0) is 48.4 Å². The van der Waals surface area contributed by atoms with E-state index in [-0.39, 0.29) is 18.9 Å². The van der Waals surface area contributed by atoms with Crippen molar-refractivity contribution in [2.45, 2.75) is 18.9 Å². The van der Waals surface area contributed by atoms with Gasteiger partial charge in [0.1, 0.15) is 6.04 Å². The summed E-state index contributed by atoms with van der Waals surface area (Å²) >= 11 is 0. The van der Waals surface area contributed by atoms with Crippen LogP contribution in [-0.2, 0) is 23.1 Å². The average molecular weight is 450 g/mol. The van der Waals surface area contributed by atoms with Crippen LogP contribution < -0.4 is 20.1 Å². The van der Waals surface area contributed by atoms with Gasteiger partial charge in [0.15, 0.2) is 11.5 Å². The van der Waals surface area contributed by atoms with Gasteiger partial charge in [0.05, 0.1) is 20.6 Å². The van der Waals surface area contributed by atoms with Gasteiger partial charge in [-0.15, -0.1) is 0 Å². The molecule has 1 saturated heterocycles. The summed E-state index contributed by atoms with van der Waals surface area (Å²) in [5, 5.41) is 6.42. The van der Waals surface area contributed by atoms with Crippen LogP contribution in [0.25, 0.3) is 10.9 Å². The Labute approximate surface area is 191 Å². The highest BCUT2D eigenvalue weighted by Crippen LogP contribution is 2.28. The van der Waals surface area contributed by atoms with Crippen LogP contribution in [0.15, 0.2) is 48.7 Å². The summed E-state index contributed by atoms with van der Waals surface area (Å²) < 4.78 is 12.5. The first-order chi connectivity index (χ1) is 15.9. The summed E-state index contributed by atoms with van der Waals surface area (Å²) in [5.41, 5.74) is 2.59. The Balaban J connectivity index is 1.34. The van der Waals surface area contributed by atoms with Crippen molar-refractivity contribution in [2.24, 2.45) is 7.05 Å². The number of urea groups is 1. The highest BCUT2D eigenvalue weighted by atomic mass is 16.5. The summed E-state index contributed by atoms with van der Waals surface area (Å²) in [6, 6.07) is 11.6. The number of aromatic nitrogens is 1. The maximum absolute atomic E-state index is 12.7. The van der Waals surface area contributed by atoms with Gasteiger partial charge in [0, 0.05) is 36.4 Å². The van der Waals surface area contributed by atoms with Gasteiger partial charge in [0.2, 0.25) is 5.91 Å². The number of carbonyl (C=O) groups excluding carboxylic acids is 3. The molecule has 0 bridgehead atoms. The number of amides is 4. The molecule has 33 heavy (non-hydrogen) atoms. The number of hydrogen-bond donors (Lipinski definition) is 2. The van der Waals surface area contributed by atoms with Gasteiger partial charge in [-0.25, -0.2) is 4.79 Å². The minimum absolute atomic E-state index is 0.135. The van der Waals surface area contributed by atoms with Crippen LogP contribution >= 0.6 is 0 Å². The summed E-state index contributed by atoms with van der Waals surface area (Å²) in [7, 11) is 5.06. The Bertz CT molecular complexity index is 1220. The van der Waals surface area contributed by atoms with Gasteiger partial charge in [0.25, 0.3) is 5.91 Å². The number of anilines is 1. The second-order valence-electron chi connectivity index (χ2n) is 7.88. The fourth-order valence-electron chi connectivity index (χ4n) is 3.96. The smallest absolute Gasteiger partial charge is 0.324 e. The Morgan fingerprint density at radius 2 is 1.85 bits per heavy atom. The molecule has 2 aromatic carbocycles. The molecule has 1 atom stereocenters. The molecule has 0 aliphatic carbocycles. The first-order valence-electron chi connectivity index (χ1n) is 10.6. The van der Waals surface area contributed by atoms with E-state index in [1.807, 2.05) is 54.2 Å². The molecule has 0 saturated carbocycles. The highest BCUT2D eigenvalue weighted by molar-refractivity contribution is 6.07. The van der Waals surface area contributed by atoms with Crippen LogP contribution in [0, 0.1) is 0 Å². The third-order valence-corrected chi connectivity index (χ3v) is 5.74. The Hall–Kier alpha value is -4.01. The zero-order valence-corrected chi connectivity index (χ0v) is 18.8. The quantitative estimate of drug-likeness (QED) is 0.514. The number of aryl methyl sites for hydroxylation is 1. The number of ether oxygens (including phenoxy) is 2. The predicted octanol–water partition coefficient (Wildman–Crippen LogP) is 2.69. The van der Waals surface area contributed by atoms with Crippen molar-refractivity contribution in [3.8, 4) is 11.5 Å². The fourth-order valence-corrected chi connectivity index (χ4v) is 3.96. The Morgan fingerprint density at radius 3 is 2.61 bits per heavy atom. The zero-order valence-electron chi connectivity index (χ0n) is 18.8. The van der Waals surface area contributed by atoms with Gasteiger partial charge in [-0.3, -0.25) is 14.5 Å². The summed E-state index contributed by atoms with van der Waals surface area (Å²) in [6.45, 7) is 0.197. The second-order valence-corrected chi connectivity index (χ2v) is 7.88. The Kier molecular flexibility index (Phi) is 6.21. The van der Waals surface area contributed by atoms with Crippen molar-refractivity contribution in [3.63, 3.8) is 0 Å². The average Bonchev–Trinajstić information content (AvgIpc) is 3.30. The molecule has 1 fully saturated rings. The van der Waals surface area contributed by atoms with Gasteiger partial charge in [-0.2, -0.15) is 0 Å². The van der Waals surface area contributed by atoms with Crippen LogP contribution in [0.5, 0.6) is 11.5 Å². The molecule has 1 aliphatic heterocycles. The fraction of sp³-hybridized carbons (Fsp3) is 0.292. The van der Waals surface area contributed by atoms with Crippen LogP contribution in [0.3, 0.4) is 0 Å². The van der Waals surface area contributed by atoms with E-state index in [1.165, 1.54) is 0 Å². The number of benzene rings is 2. The minimum atomic E-state index is -0.886. The molecule has 0 spiro atoms. The van der Waals surface area contributed by atoms with Crippen LogP contribution in [-0.4, -0.2) is 54.1 Å². The molecule has 0 radical (unpaired) electrons. The molecule has 4 rings (SSSR count). The summed E-state index contributed by atoms with van der Waals surface area (Å²) in [6.07, 6.45) is 2.26. The van der Waals surface area contributed by atoms with Crippen molar-refractivity contribution in [1.82, 2.24) is 14.8 Å². The maximum Gasteiger partial charge on any atom is 0.324 e. The molecule has 1 aliphatic rings. The van der Waals surface area contributed by atoms with Gasteiger partial charge in [-0.1, -0.05) is 6.07 Å². The number of methoxy groups -OCH3 is 2. The van der Waals surface area contributed by atoms with Crippen molar-refractivity contribution in [3.05, 3.63) is 54.2 Å². The molecular weight excluding hydrogens is 424 g/mol. The predicted molar refractivity (Wildman–Crippen MR) is 123 cm³/mol. The van der Waals surface area contributed by atoms with Crippen LogP contribution in [0.4, 0.5) is 10.5 Å². The molecule has 1 aromatic heterocycles. The van der Waals surface area contributed by atoms with Crippen LogP contribution in [0.1, 0.15) is 12.0 Å². The number of fused-ring (bicyclic) bond motifs is 1. The lowest BCUT2D eigenvalue weighted by atomic mass is 10.1. The normalized spacial score (nSPS) is 15.6. The molecule has 2 N–H and O–H groups in total. The standard InChI is InChI=1S/C24H26N4O5/c1-27-10-9-16-13-17(5-6-19(16)27)25-22(29)14-18-23(30)28(24(31)26-18)11-8-15-4-7-20(32-2)21(12-15)33-3/h4-7,9-10,12-13,18H,8,11,14H2,1-3H3,(H,25,29)(H,26,31)/t18-/m1/s1. The second kappa shape index (κ2) is 9.23. The molecule has 9 heteroatoms. The van der Waals surface area contributed by atoms with Gasteiger partial charge >= 0.3 is 6.03 Å². The summed E-state index contributed by atoms with van der Waals surface area (Å²) in [5.74, 6) is 0.434. The van der Waals surface area contributed by atoms with E-state index in [1.54, 1.807) is 20.3 Å². The highest BCUT2D eigenvalue weighted by Gasteiger charge is 2.38. The lowest BCUT2D eigenvalue weighted by Crippen LogP contribution is -2.34. The lowest BCUT2D eigenvalue weighted by Gasteiger charge is -2.14. The van der Waals surface area contributed by atoms with E-state index in [0.29, 0.717) is 23.6 Å². The molecule has 2 heterocycles. The third kappa shape index (κ3) is 4.62. The number of nitrogens with zero attached hydrogens (tertiary/aromatic N) is 2. The third-order valence-electron chi connectivity index (χ3n) is 5.74. The minimum Gasteiger partial charge on any atom is -0.493 e.